The van der Waals surface area contributed by atoms with Crippen LogP contribution in [0.3, 0.4) is 0 Å². The molecule has 0 radical (unpaired) electrons. The molecule has 0 amide bonds. The average molecular weight is 332 g/mol. The molecule has 6 heteroatoms. The quantitative estimate of drug-likeness (QED) is 0.236. The SMILES string of the molecule is CCCCCCCCC(C)(OC(=O)CC(=O)O)C(C)(C)C.[H-].[H-].[Li+].[Na+]. The Kier molecular flexibility index (Phi) is 17.0. The van der Waals surface area contributed by atoms with E-state index < -0.39 is 24.0 Å². The summed E-state index contributed by atoms with van der Waals surface area (Å²) in [5.41, 5.74) is -0.838. The molecule has 128 valence electrons. The van der Waals surface area contributed by atoms with Crippen LogP contribution in [0.5, 0.6) is 0 Å². The Hall–Kier alpha value is 0.537. The molecule has 0 rings (SSSR count). The van der Waals surface area contributed by atoms with Crippen molar-refractivity contribution in [3.63, 3.8) is 0 Å². The summed E-state index contributed by atoms with van der Waals surface area (Å²) < 4.78 is 5.52. The molecule has 0 heterocycles. The second kappa shape index (κ2) is 13.8. The molecule has 0 spiro atoms. The average Bonchev–Trinajstić information content (AvgIpc) is 2.31. The van der Waals surface area contributed by atoms with E-state index in [0.29, 0.717) is 0 Å². The Morgan fingerprint density at radius 1 is 1.00 bits per heavy atom. The third-order valence-electron chi connectivity index (χ3n) is 4.23. The molecule has 1 atom stereocenters. The Morgan fingerprint density at radius 3 is 1.91 bits per heavy atom. The van der Waals surface area contributed by atoms with Gasteiger partial charge >= 0.3 is 60.4 Å². The van der Waals surface area contributed by atoms with Gasteiger partial charge in [-0.15, -0.1) is 0 Å². The molecule has 1 unspecified atom stereocenters. The van der Waals surface area contributed by atoms with E-state index in [-0.39, 0.29) is 56.7 Å². The molecule has 0 saturated heterocycles. The van der Waals surface area contributed by atoms with Gasteiger partial charge in [0, 0.05) is 5.41 Å². The monoisotopic (exact) mass is 332 g/mol. The van der Waals surface area contributed by atoms with E-state index in [0.717, 1.165) is 19.3 Å². The summed E-state index contributed by atoms with van der Waals surface area (Å²) in [4.78, 5) is 22.3. The number of esters is 1. The number of hydrogen-bond donors (Lipinski definition) is 1. The Labute approximate surface area is 178 Å². The van der Waals surface area contributed by atoms with Gasteiger partial charge in [0.25, 0.3) is 0 Å². The van der Waals surface area contributed by atoms with Crippen LogP contribution in [0.1, 0.15) is 88.8 Å². The maximum absolute atomic E-state index is 11.7. The van der Waals surface area contributed by atoms with Crippen molar-refractivity contribution in [3.05, 3.63) is 0 Å². The summed E-state index contributed by atoms with van der Waals surface area (Å²) in [5, 5.41) is 8.68. The van der Waals surface area contributed by atoms with Crippen LogP contribution in [0.15, 0.2) is 0 Å². The first-order valence-electron chi connectivity index (χ1n) is 8.06. The minimum atomic E-state index is -1.14. The van der Waals surface area contributed by atoms with Gasteiger partial charge in [0.1, 0.15) is 12.0 Å². The molecular formula is C17H34LiNaO4. The summed E-state index contributed by atoms with van der Waals surface area (Å²) in [7, 11) is 0. The van der Waals surface area contributed by atoms with E-state index >= 15 is 0 Å². The third-order valence-corrected chi connectivity index (χ3v) is 4.23. The summed E-state index contributed by atoms with van der Waals surface area (Å²) in [6, 6.07) is 0. The molecule has 0 aliphatic rings. The van der Waals surface area contributed by atoms with Crippen LogP contribution in [0.4, 0.5) is 0 Å². The summed E-state index contributed by atoms with van der Waals surface area (Å²) >= 11 is 0. The van der Waals surface area contributed by atoms with Crippen molar-refractivity contribution in [1.82, 2.24) is 0 Å². The van der Waals surface area contributed by atoms with Gasteiger partial charge in [-0.25, -0.2) is 0 Å². The maximum atomic E-state index is 11.7. The zero-order chi connectivity index (χ0) is 16.5. The third kappa shape index (κ3) is 12.5. The number of rotatable bonds is 10. The smallest absolute Gasteiger partial charge is 1.00 e. The number of ether oxygens (including phenoxy) is 1. The molecule has 0 aliphatic carbocycles. The molecule has 4 nitrogen and oxygen atoms in total. The van der Waals surface area contributed by atoms with Crippen LogP contribution < -0.4 is 48.4 Å². The molecule has 0 fully saturated rings. The molecule has 0 aliphatic heterocycles. The molecule has 0 bridgehead atoms. The predicted molar refractivity (Wildman–Crippen MR) is 86.4 cm³/mol. The second-order valence-corrected chi connectivity index (χ2v) is 7.04. The standard InChI is InChI=1S/C17H32O4.Li.Na.2H/c1-6-7-8-9-10-11-12-17(5,16(2,3)4)21-15(20)13-14(18)19;;;;/h6-13H2,1-5H3,(H,18,19);;;;/q;2*+1;2*-1. The van der Waals surface area contributed by atoms with Crippen molar-refractivity contribution in [2.24, 2.45) is 5.41 Å². The van der Waals surface area contributed by atoms with Crippen LogP contribution in [-0.2, 0) is 14.3 Å². The van der Waals surface area contributed by atoms with Gasteiger partial charge in [-0.05, 0) is 19.8 Å². The molecule has 0 aromatic carbocycles. The summed E-state index contributed by atoms with van der Waals surface area (Å²) in [5.74, 6) is -1.79. The van der Waals surface area contributed by atoms with Gasteiger partial charge in [0.15, 0.2) is 0 Å². The number of aliphatic carboxylic acids is 1. The number of unbranched alkanes of at least 4 members (excludes halogenated alkanes) is 5. The topological polar surface area (TPSA) is 63.6 Å². The van der Waals surface area contributed by atoms with Crippen molar-refractivity contribution in [1.29, 1.82) is 0 Å². The Morgan fingerprint density at radius 2 is 1.48 bits per heavy atom. The normalized spacial score (nSPS) is 13.3. The van der Waals surface area contributed by atoms with E-state index in [4.69, 9.17) is 9.84 Å². The van der Waals surface area contributed by atoms with Crippen molar-refractivity contribution in [2.45, 2.75) is 91.6 Å². The first-order chi connectivity index (χ1) is 9.62. The van der Waals surface area contributed by atoms with Gasteiger partial charge in [-0.2, -0.15) is 0 Å². The fourth-order valence-electron chi connectivity index (χ4n) is 2.23. The van der Waals surface area contributed by atoms with Crippen LogP contribution in [-0.4, -0.2) is 22.6 Å². The van der Waals surface area contributed by atoms with Crippen molar-refractivity contribution < 1.29 is 70.7 Å². The summed E-state index contributed by atoms with van der Waals surface area (Å²) in [6.07, 6.45) is 7.28. The van der Waals surface area contributed by atoms with Crippen molar-refractivity contribution in [2.75, 3.05) is 0 Å². The van der Waals surface area contributed by atoms with Gasteiger partial charge in [0.2, 0.25) is 0 Å². The van der Waals surface area contributed by atoms with Gasteiger partial charge in [-0.1, -0.05) is 59.8 Å². The van der Waals surface area contributed by atoms with Gasteiger partial charge < -0.3 is 12.7 Å². The van der Waals surface area contributed by atoms with Crippen LogP contribution in [0.2, 0.25) is 0 Å². The zero-order valence-corrected chi connectivity index (χ0v) is 18.3. The Bertz CT molecular complexity index is 352. The van der Waals surface area contributed by atoms with E-state index in [9.17, 15) is 9.59 Å². The van der Waals surface area contributed by atoms with E-state index in [1.807, 2.05) is 27.7 Å². The Balaban J connectivity index is -0.000000333. The first kappa shape index (κ1) is 28.3. The second-order valence-electron chi connectivity index (χ2n) is 7.04. The van der Waals surface area contributed by atoms with Crippen LogP contribution in [0, 0.1) is 5.41 Å². The first-order valence-corrected chi connectivity index (χ1v) is 8.06. The minimum absolute atomic E-state index is 0. The molecule has 0 aromatic heterocycles. The van der Waals surface area contributed by atoms with Crippen LogP contribution in [0.25, 0.3) is 0 Å². The number of carbonyl (C=O) groups is 2. The number of hydrogen-bond acceptors (Lipinski definition) is 3. The number of carboxylic acids is 1. The molecule has 23 heavy (non-hydrogen) atoms. The van der Waals surface area contributed by atoms with E-state index in [2.05, 4.69) is 6.92 Å². The predicted octanol–water partition coefficient (Wildman–Crippen LogP) is -1.21. The fraction of sp³-hybridized carbons (Fsp3) is 0.882. The maximum Gasteiger partial charge on any atom is 1.00 e. The number of carbonyl (C=O) groups excluding carboxylic acids is 1. The van der Waals surface area contributed by atoms with E-state index in [1.165, 1.54) is 25.7 Å². The summed E-state index contributed by atoms with van der Waals surface area (Å²) in [6.45, 7) is 10.2. The molecule has 1 N–H and O–H groups in total. The molecular weight excluding hydrogens is 298 g/mol. The van der Waals surface area contributed by atoms with Crippen molar-refractivity contribution >= 4 is 11.9 Å². The zero-order valence-electron chi connectivity index (χ0n) is 18.3. The largest absolute Gasteiger partial charge is 1.00 e. The minimum Gasteiger partial charge on any atom is -1.00 e. The van der Waals surface area contributed by atoms with E-state index in [1.54, 1.807) is 0 Å². The van der Waals surface area contributed by atoms with Crippen molar-refractivity contribution in [3.8, 4) is 0 Å². The molecule has 0 aromatic rings. The van der Waals surface area contributed by atoms with Gasteiger partial charge in [0.05, 0.1) is 0 Å². The molecule has 0 saturated carbocycles. The van der Waals surface area contributed by atoms with Gasteiger partial charge in [-0.3, -0.25) is 9.59 Å². The fourth-order valence-corrected chi connectivity index (χ4v) is 2.23. The number of carboxylic acid groups (broad SMARTS) is 1. The van der Waals surface area contributed by atoms with Crippen LogP contribution >= 0.6 is 0 Å².